The molecule has 1 aromatic carbocycles. The molecule has 1 spiro atoms. The monoisotopic (exact) mass is 672 g/mol. The summed E-state index contributed by atoms with van der Waals surface area (Å²) in [6.07, 6.45) is -6.89. The lowest BCUT2D eigenvalue weighted by Crippen LogP contribution is -2.44. The Labute approximate surface area is 256 Å². The van der Waals surface area contributed by atoms with Crippen LogP contribution in [-0.2, 0) is 25.6 Å². The van der Waals surface area contributed by atoms with Gasteiger partial charge in [0, 0.05) is 37.9 Å². The third-order valence-electron chi connectivity index (χ3n) is 6.24. The maximum Gasteiger partial charge on any atom is 0.490 e. The molecular weight excluding hydrogens is 644 g/mol. The van der Waals surface area contributed by atoms with Crippen LogP contribution in [0.3, 0.4) is 0 Å². The Morgan fingerprint density at radius 3 is 2.28 bits per heavy atom. The summed E-state index contributed by atoms with van der Waals surface area (Å²) in [4.78, 5) is 24.2. The van der Waals surface area contributed by atoms with Gasteiger partial charge in [0.2, 0.25) is 0 Å². The molecule has 2 atom stereocenters. The number of aliphatic carboxylic acids is 2. The average Bonchev–Trinajstić information content (AvgIpc) is 3.26. The van der Waals surface area contributed by atoms with Gasteiger partial charge in [-0.1, -0.05) is 18.2 Å². The summed E-state index contributed by atoms with van der Waals surface area (Å²) >= 11 is 0. The van der Waals surface area contributed by atoms with Crippen LogP contribution in [0.4, 0.5) is 40.9 Å². The number of carbonyl (C=O) groups is 2. The number of aromatic nitrogens is 1. The smallest absolute Gasteiger partial charge is 0.475 e. The zero-order valence-corrected chi connectivity index (χ0v) is 23.7. The number of rotatable bonds is 7. The first-order valence-electron chi connectivity index (χ1n) is 13.1. The highest BCUT2D eigenvalue weighted by Crippen LogP contribution is 2.34. The number of nitriles is 1. The van der Waals surface area contributed by atoms with Crippen molar-refractivity contribution in [2.24, 2.45) is 0 Å². The number of para-hydroxylation sites is 1. The van der Waals surface area contributed by atoms with Gasteiger partial charge in [-0.05, 0) is 31.0 Å². The van der Waals surface area contributed by atoms with E-state index in [4.69, 9.17) is 34.5 Å². The number of anilines is 1. The van der Waals surface area contributed by atoms with Gasteiger partial charge in [-0.3, -0.25) is 4.90 Å². The summed E-state index contributed by atoms with van der Waals surface area (Å²) in [5, 5.41) is 26.4. The van der Waals surface area contributed by atoms with Gasteiger partial charge >= 0.3 is 30.9 Å². The Morgan fingerprint density at radius 1 is 1.11 bits per heavy atom. The highest BCUT2D eigenvalue weighted by Gasteiger charge is 2.43. The standard InChI is InChI=1S/C23H26F2N4O3.2C2HF3O2/c24-22(25)31-20-4-2-1-3-18(20)14-29-9-10-30-16-23(15-29)8-7-19(32-23)13-28-21-6-5-17(11-26)12-27-21;2*3-2(4,5)1(6)7/h1-6,12,19,22H,7-10,13-16H2,(H,27,28);2*(H,6,7)/t19-,23-;;/m1../s1. The van der Waals surface area contributed by atoms with Crippen molar-refractivity contribution in [3.05, 3.63) is 53.7 Å². The Balaban J connectivity index is 0.000000440. The molecule has 11 nitrogen and oxygen atoms in total. The van der Waals surface area contributed by atoms with Crippen LogP contribution in [-0.4, -0.2) is 95.6 Å². The first-order chi connectivity index (χ1) is 21.4. The number of pyridine rings is 1. The first-order valence-corrected chi connectivity index (χ1v) is 13.1. The molecule has 0 aliphatic carbocycles. The summed E-state index contributed by atoms with van der Waals surface area (Å²) in [6, 6.07) is 12.4. The molecule has 2 aliphatic heterocycles. The molecule has 0 amide bonds. The van der Waals surface area contributed by atoms with E-state index in [0.717, 1.165) is 12.8 Å². The van der Waals surface area contributed by atoms with Crippen LogP contribution >= 0.6 is 0 Å². The molecule has 1 aromatic heterocycles. The third kappa shape index (κ3) is 13.0. The van der Waals surface area contributed by atoms with Crippen molar-refractivity contribution in [3.8, 4) is 11.8 Å². The Hall–Kier alpha value is -4.28. The van der Waals surface area contributed by atoms with E-state index >= 15 is 0 Å². The molecule has 2 aromatic rings. The second-order valence-electron chi connectivity index (χ2n) is 9.74. The van der Waals surface area contributed by atoms with Gasteiger partial charge in [-0.2, -0.15) is 40.4 Å². The molecule has 4 rings (SSSR count). The molecule has 0 radical (unpaired) electrons. The van der Waals surface area contributed by atoms with Crippen LogP contribution in [0.5, 0.6) is 5.75 Å². The van der Waals surface area contributed by atoms with Crippen LogP contribution in [0.1, 0.15) is 24.0 Å². The molecule has 2 fully saturated rings. The second kappa shape index (κ2) is 16.9. The molecule has 19 heteroatoms. The molecule has 3 N–H and O–H groups in total. The molecular formula is C27H28F8N4O7. The number of carboxylic acid groups (broad SMARTS) is 2. The number of benzene rings is 1. The average molecular weight is 673 g/mol. The Morgan fingerprint density at radius 2 is 1.74 bits per heavy atom. The number of hydrogen-bond acceptors (Lipinski definition) is 9. The maximum absolute atomic E-state index is 12.8. The van der Waals surface area contributed by atoms with Gasteiger partial charge in [-0.25, -0.2) is 14.6 Å². The predicted octanol–water partition coefficient (Wildman–Crippen LogP) is 4.68. The third-order valence-corrected chi connectivity index (χ3v) is 6.24. The summed E-state index contributed by atoms with van der Waals surface area (Å²) < 4.78 is 106. The van der Waals surface area contributed by atoms with Crippen LogP contribution in [0.2, 0.25) is 0 Å². The minimum atomic E-state index is -5.08. The number of nitrogens with zero attached hydrogens (tertiary/aromatic N) is 3. The fourth-order valence-corrected chi connectivity index (χ4v) is 4.25. The van der Waals surface area contributed by atoms with Crippen LogP contribution < -0.4 is 10.1 Å². The van der Waals surface area contributed by atoms with Crippen molar-refractivity contribution in [2.45, 2.75) is 50.1 Å². The molecule has 3 heterocycles. The SMILES string of the molecule is N#Cc1ccc(NC[C@H]2CC[C@@]3(COCCN(Cc4ccccc4OC(F)F)C3)O2)nc1.O=C(O)C(F)(F)F.O=C(O)C(F)(F)F. The highest BCUT2D eigenvalue weighted by molar-refractivity contribution is 5.73. The van der Waals surface area contributed by atoms with E-state index < -0.39 is 36.5 Å². The van der Waals surface area contributed by atoms with Crippen molar-refractivity contribution in [3.63, 3.8) is 0 Å². The fraction of sp³-hybridized carbons (Fsp3) is 0.481. The summed E-state index contributed by atoms with van der Waals surface area (Å²) in [6.45, 7) is 0.632. The molecule has 0 saturated carbocycles. The zero-order chi connectivity index (χ0) is 34.5. The first kappa shape index (κ1) is 37.9. The lowest BCUT2D eigenvalue weighted by atomic mass is 9.99. The zero-order valence-electron chi connectivity index (χ0n) is 23.7. The summed E-state index contributed by atoms with van der Waals surface area (Å²) in [5.74, 6) is -4.62. The van der Waals surface area contributed by atoms with Gasteiger partial charge < -0.3 is 29.7 Å². The molecule has 46 heavy (non-hydrogen) atoms. The number of nitrogens with one attached hydrogen (secondary N) is 1. The molecule has 254 valence electrons. The summed E-state index contributed by atoms with van der Waals surface area (Å²) in [7, 11) is 0. The summed E-state index contributed by atoms with van der Waals surface area (Å²) in [5.41, 5.74) is 0.801. The van der Waals surface area contributed by atoms with E-state index in [0.29, 0.717) is 56.3 Å². The quantitative estimate of drug-likeness (QED) is 0.351. The maximum atomic E-state index is 12.8. The lowest BCUT2D eigenvalue weighted by molar-refractivity contribution is -0.193. The van der Waals surface area contributed by atoms with E-state index in [1.807, 2.05) is 12.1 Å². The number of ether oxygens (including phenoxy) is 3. The van der Waals surface area contributed by atoms with Crippen LogP contribution in [0, 0.1) is 11.3 Å². The van der Waals surface area contributed by atoms with Gasteiger partial charge in [0.15, 0.2) is 0 Å². The van der Waals surface area contributed by atoms with Crippen molar-refractivity contribution in [1.29, 1.82) is 5.26 Å². The van der Waals surface area contributed by atoms with E-state index in [2.05, 4.69) is 26.0 Å². The van der Waals surface area contributed by atoms with E-state index in [-0.39, 0.29) is 11.9 Å². The van der Waals surface area contributed by atoms with Crippen molar-refractivity contribution >= 4 is 17.8 Å². The van der Waals surface area contributed by atoms with E-state index in [1.165, 1.54) is 6.20 Å². The van der Waals surface area contributed by atoms with E-state index in [1.54, 1.807) is 24.3 Å². The molecule has 2 saturated heterocycles. The normalized spacial score (nSPS) is 20.0. The topological polar surface area (TPSA) is 154 Å². The highest BCUT2D eigenvalue weighted by atomic mass is 19.4. The fourth-order valence-electron chi connectivity index (χ4n) is 4.25. The van der Waals surface area contributed by atoms with E-state index in [9.17, 15) is 35.1 Å². The van der Waals surface area contributed by atoms with Crippen molar-refractivity contribution < 1.29 is 69.1 Å². The Bertz CT molecular complexity index is 1300. The number of hydrogen-bond donors (Lipinski definition) is 3. The second-order valence-corrected chi connectivity index (χ2v) is 9.74. The van der Waals surface area contributed by atoms with Crippen LogP contribution in [0.15, 0.2) is 42.6 Å². The van der Waals surface area contributed by atoms with Gasteiger partial charge in [0.1, 0.15) is 23.2 Å². The predicted molar refractivity (Wildman–Crippen MR) is 141 cm³/mol. The minimum absolute atomic E-state index is 0.00504. The minimum Gasteiger partial charge on any atom is -0.475 e. The molecule has 0 bridgehead atoms. The lowest BCUT2D eigenvalue weighted by Gasteiger charge is -2.32. The number of carboxylic acids is 2. The van der Waals surface area contributed by atoms with Gasteiger partial charge in [0.05, 0.1) is 24.9 Å². The molecule has 2 aliphatic rings. The number of halogens is 8. The number of alkyl halides is 8. The largest absolute Gasteiger partial charge is 0.490 e. The van der Waals surface area contributed by atoms with Crippen molar-refractivity contribution in [1.82, 2.24) is 9.88 Å². The Kier molecular flexibility index (Phi) is 13.9. The van der Waals surface area contributed by atoms with Gasteiger partial charge in [-0.15, -0.1) is 0 Å². The molecule has 0 unspecified atom stereocenters. The van der Waals surface area contributed by atoms with Gasteiger partial charge in [0.25, 0.3) is 0 Å². The van der Waals surface area contributed by atoms with Crippen LogP contribution in [0.25, 0.3) is 0 Å². The van der Waals surface area contributed by atoms with Crippen molar-refractivity contribution in [2.75, 3.05) is 38.2 Å².